The molecule has 4 nitrogen and oxygen atoms in total. The molecular formula is C12H19N3O. The average Bonchev–Trinajstić information content (AvgIpc) is 2.29. The number of pyridine rings is 1. The van der Waals surface area contributed by atoms with E-state index in [-0.39, 0.29) is 12.6 Å². The Morgan fingerprint density at radius 3 is 3.12 bits per heavy atom. The fourth-order valence-electron chi connectivity index (χ4n) is 2.27. The van der Waals surface area contributed by atoms with Crippen molar-refractivity contribution in [3.63, 3.8) is 0 Å². The lowest BCUT2D eigenvalue weighted by molar-refractivity contribution is 0.119. The van der Waals surface area contributed by atoms with E-state index in [9.17, 15) is 5.11 Å². The Morgan fingerprint density at radius 1 is 1.56 bits per heavy atom. The Hall–Kier alpha value is -0.970. The number of nitrogens with zero attached hydrogens (tertiary/aromatic N) is 2. The maximum absolute atomic E-state index is 9.19. The summed E-state index contributed by atoms with van der Waals surface area (Å²) in [5.41, 5.74) is 1.23. The maximum atomic E-state index is 9.19. The Kier molecular flexibility index (Phi) is 3.88. The van der Waals surface area contributed by atoms with Crippen LogP contribution in [0, 0.1) is 0 Å². The van der Waals surface area contributed by atoms with Gasteiger partial charge in [0.1, 0.15) is 0 Å². The van der Waals surface area contributed by atoms with E-state index >= 15 is 0 Å². The van der Waals surface area contributed by atoms with Gasteiger partial charge in [0.25, 0.3) is 0 Å². The second-order valence-corrected chi connectivity index (χ2v) is 4.50. The summed E-state index contributed by atoms with van der Waals surface area (Å²) in [5.74, 6) is 0. The lowest BCUT2D eigenvalue weighted by atomic mass is 10.1. The minimum absolute atomic E-state index is 0.195. The largest absolute Gasteiger partial charge is 0.395 e. The smallest absolute Gasteiger partial charge is 0.0597 e. The number of hydrogen-bond acceptors (Lipinski definition) is 4. The quantitative estimate of drug-likeness (QED) is 0.767. The van der Waals surface area contributed by atoms with E-state index in [2.05, 4.69) is 28.2 Å². The molecule has 4 heteroatoms. The highest BCUT2D eigenvalue weighted by molar-refractivity contribution is 5.08. The topological polar surface area (TPSA) is 48.4 Å². The maximum Gasteiger partial charge on any atom is 0.0597 e. The molecule has 1 aromatic rings. The third-order valence-electron chi connectivity index (χ3n) is 2.88. The second kappa shape index (κ2) is 5.39. The summed E-state index contributed by atoms with van der Waals surface area (Å²) < 4.78 is 0. The normalized spacial score (nSPS) is 26.9. The first kappa shape index (κ1) is 11.5. The predicted octanol–water partition coefficient (Wildman–Crippen LogP) is 0.236. The summed E-state index contributed by atoms with van der Waals surface area (Å²) >= 11 is 0. The van der Waals surface area contributed by atoms with Crippen molar-refractivity contribution in [1.82, 2.24) is 15.2 Å². The van der Waals surface area contributed by atoms with Crippen LogP contribution in [0.3, 0.4) is 0 Å². The zero-order chi connectivity index (χ0) is 11.4. The summed E-state index contributed by atoms with van der Waals surface area (Å²) in [4.78, 5) is 6.48. The van der Waals surface area contributed by atoms with Crippen LogP contribution < -0.4 is 5.32 Å². The van der Waals surface area contributed by atoms with Gasteiger partial charge in [-0.15, -0.1) is 0 Å². The Bertz CT molecular complexity index is 317. The first-order valence-corrected chi connectivity index (χ1v) is 5.76. The molecule has 1 saturated heterocycles. The van der Waals surface area contributed by atoms with Crippen molar-refractivity contribution in [3.8, 4) is 0 Å². The molecule has 0 amide bonds. The molecule has 1 fully saturated rings. The summed E-state index contributed by atoms with van der Waals surface area (Å²) in [5, 5.41) is 12.6. The van der Waals surface area contributed by atoms with Crippen LogP contribution in [0.15, 0.2) is 24.5 Å². The van der Waals surface area contributed by atoms with E-state index in [1.54, 1.807) is 6.20 Å². The standard InChI is InChI=1S/C12H19N3O/c1-10-6-15(8-12(9-16)14-10)7-11-3-2-4-13-5-11/h2-5,10,12,14,16H,6-9H2,1H3. The van der Waals surface area contributed by atoms with Crippen molar-refractivity contribution in [2.45, 2.75) is 25.6 Å². The van der Waals surface area contributed by atoms with Crippen molar-refractivity contribution in [3.05, 3.63) is 30.1 Å². The van der Waals surface area contributed by atoms with E-state index in [0.29, 0.717) is 6.04 Å². The highest BCUT2D eigenvalue weighted by Gasteiger charge is 2.22. The van der Waals surface area contributed by atoms with Crippen LogP contribution in [0.5, 0.6) is 0 Å². The minimum atomic E-state index is 0.195. The SMILES string of the molecule is CC1CN(Cc2cccnc2)CC(CO)N1. The van der Waals surface area contributed by atoms with Crippen LogP contribution in [0.25, 0.3) is 0 Å². The summed E-state index contributed by atoms with van der Waals surface area (Å²) in [6, 6.07) is 4.68. The van der Waals surface area contributed by atoms with Gasteiger partial charge < -0.3 is 10.4 Å². The van der Waals surface area contributed by atoms with Gasteiger partial charge in [-0.25, -0.2) is 0 Å². The van der Waals surface area contributed by atoms with Gasteiger partial charge in [0.05, 0.1) is 6.61 Å². The number of hydrogen-bond donors (Lipinski definition) is 2. The van der Waals surface area contributed by atoms with E-state index in [1.807, 2.05) is 12.3 Å². The number of nitrogens with one attached hydrogen (secondary N) is 1. The molecule has 0 saturated carbocycles. The fourth-order valence-corrected chi connectivity index (χ4v) is 2.27. The molecule has 16 heavy (non-hydrogen) atoms. The molecule has 0 spiro atoms. The Morgan fingerprint density at radius 2 is 2.44 bits per heavy atom. The van der Waals surface area contributed by atoms with Crippen LogP contribution in [0.2, 0.25) is 0 Å². The molecule has 1 aliphatic heterocycles. The van der Waals surface area contributed by atoms with Gasteiger partial charge in [-0.2, -0.15) is 0 Å². The van der Waals surface area contributed by atoms with Crippen LogP contribution >= 0.6 is 0 Å². The van der Waals surface area contributed by atoms with Gasteiger partial charge in [0, 0.05) is 44.1 Å². The molecular weight excluding hydrogens is 202 g/mol. The fraction of sp³-hybridized carbons (Fsp3) is 0.583. The lowest BCUT2D eigenvalue weighted by Crippen LogP contribution is -2.56. The molecule has 88 valence electrons. The van der Waals surface area contributed by atoms with Crippen LogP contribution in [-0.2, 0) is 6.54 Å². The van der Waals surface area contributed by atoms with E-state index in [4.69, 9.17) is 0 Å². The number of aliphatic hydroxyl groups is 1. The molecule has 0 bridgehead atoms. The Labute approximate surface area is 96.3 Å². The molecule has 0 aromatic carbocycles. The zero-order valence-electron chi connectivity index (χ0n) is 9.63. The predicted molar refractivity (Wildman–Crippen MR) is 63.0 cm³/mol. The summed E-state index contributed by atoms with van der Waals surface area (Å²) in [7, 11) is 0. The van der Waals surface area contributed by atoms with Gasteiger partial charge in [-0.3, -0.25) is 9.88 Å². The summed E-state index contributed by atoms with van der Waals surface area (Å²) in [6.07, 6.45) is 3.70. The third-order valence-corrected chi connectivity index (χ3v) is 2.88. The Balaban J connectivity index is 1.94. The highest BCUT2D eigenvalue weighted by atomic mass is 16.3. The molecule has 2 unspecified atom stereocenters. The number of piperazine rings is 1. The van der Waals surface area contributed by atoms with Crippen molar-refractivity contribution in [2.24, 2.45) is 0 Å². The van der Waals surface area contributed by atoms with Gasteiger partial charge in [-0.05, 0) is 18.6 Å². The van der Waals surface area contributed by atoms with E-state index in [0.717, 1.165) is 19.6 Å². The van der Waals surface area contributed by atoms with Gasteiger partial charge in [0.2, 0.25) is 0 Å². The summed E-state index contributed by atoms with van der Waals surface area (Å²) in [6.45, 7) is 5.18. The molecule has 0 aliphatic carbocycles. The third kappa shape index (κ3) is 3.01. The lowest BCUT2D eigenvalue weighted by Gasteiger charge is -2.36. The molecule has 0 radical (unpaired) electrons. The number of aromatic nitrogens is 1. The molecule has 1 aromatic heterocycles. The van der Waals surface area contributed by atoms with E-state index < -0.39 is 0 Å². The van der Waals surface area contributed by atoms with Crippen LogP contribution in [-0.4, -0.2) is 46.8 Å². The molecule has 1 aliphatic rings. The van der Waals surface area contributed by atoms with Crippen molar-refractivity contribution < 1.29 is 5.11 Å². The number of rotatable bonds is 3. The molecule has 2 N–H and O–H groups in total. The zero-order valence-corrected chi connectivity index (χ0v) is 9.63. The average molecular weight is 221 g/mol. The van der Waals surface area contributed by atoms with Crippen molar-refractivity contribution in [2.75, 3.05) is 19.7 Å². The van der Waals surface area contributed by atoms with E-state index in [1.165, 1.54) is 5.56 Å². The molecule has 2 atom stereocenters. The van der Waals surface area contributed by atoms with Crippen molar-refractivity contribution >= 4 is 0 Å². The highest BCUT2D eigenvalue weighted by Crippen LogP contribution is 2.09. The molecule has 2 heterocycles. The second-order valence-electron chi connectivity index (χ2n) is 4.50. The number of aliphatic hydroxyl groups excluding tert-OH is 1. The van der Waals surface area contributed by atoms with Crippen molar-refractivity contribution in [1.29, 1.82) is 0 Å². The van der Waals surface area contributed by atoms with Crippen LogP contribution in [0.1, 0.15) is 12.5 Å². The molecule has 2 rings (SSSR count). The van der Waals surface area contributed by atoms with Crippen LogP contribution in [0.4, 0.5) is 0 Å². The minimum Gasteiger partial charge on any atom is -0.395 e. The van der Waals surface area contributed by atoms with Gasteiger partial charge in [-0.1, -0.05) is 6.07 Å². The monoisotopic (exact) mass is 221 g/mol. The first-order chi connectivity index (χ1) is 7.78. The first-order valence-electron chi connectivity index (χ1n) is 5.76. The van der Waals surface area contributed by atoms with Gasteiger partial charge in [0.15, 0.2) is 0 Å². The van der Waals surface area contributed by atoms with Gasteiger partial charge >= 0.3 is 0 Å².